The number of hydrogen-bond donors (Lipinski definition) is 1. The molecule has 1 aromatic heterocycles. The normalized spacial score (nSPS) is 11.5. The molecule has 30 heavy (non-hydrogen) atoms. The molecule has 0 atom stereocenters. The van der Waals surface area contributed by atoms with Crippen molar-refractivity contribution in [1.82, 2.24) is 9.97 Å². The maximum atomic E-state index is 13.4. The van der Waals surface area contributed by atoms with Crippen LogP contribution in [-0.2, 0) is 6.61 Å². The second-order valence-corrected chi connectivity index (χ2v) is 7.81. The smallest absolute Gasteiger partial charge is 0.149 e. The Hall–Kier alpha value is -3.14. The van der Waals surface area contributed by atoms with Crippen LogP contribution in [0.5, 0.6) is 5.75 Å². The minimum absolute atomic E-state index is 0.341. The molecule has 0 unspecified atom stereocenters. The highest BCUT2D eigenvalue weighted by molar-refractivity contribution is 9.10. The summed E-state index contributed by atoms with van der Waals surface area (Å²) < 4.78 is 20.0. The number of nitrogens with zero attached hydrogens (tertiary/aromatic N) is 2. The van der Waals surface area contributed by atoms with Crippen molar-refractivity contribution >= 4 is 50.2 Å². The van der Waals surface area contributed by atoms with Crippen LogP contribution in [0.15, 0.2) is 65.1 Å². The summed E-state index contributed by atoms with van der Waals surface area (Å²) in [7, 11) is 0. The predicted molar refractivity (Wildman–Crippen MR) is 119 cm³/mol. The zero-order valence-corrected chi connectivity index (χ0v) is 17.8. The van der Waals surface area contributed by atoms with Crippen LogP contribution in [-0.4, -0.2) is 9.97 Å². The monoisotopic (exact) mass is 481 g/mol. The molecule has 4 aromatic rings. The second kappa shape index (κ2) is 8.70. The lowest BCUT2D eigenvalue weighted by molar-refractivity contribution is 0.304. The fourth-order valence-corrected chi connectivity index (χ4v) is 3.53. The van der Waals surface area contributed by atoms with Gasteiger partial charge in [0.05, 0.1) is 21.1 Å². The minimum atomic E-state index is -0.363. The molecule has 0 bridgehead atoms. The lowest BCUT2D eigenvalue weighted by Crippen LogP contribution is -1.96. The Morgan fingerprint density at radius 3 is 2.70 bits per heavy atom. The van der Waals surface area contributed by atoms with E-state index in [0.29, 0.717) is 39.8 Å². The van der Waals surface area contributed by atoms with Crippen LogP contribution in [0.3, 0.4) is 0 Å². The van der Waals surface area contributed by atoms with Crippen LogP contribution in [0, 0.1) is 17.1 Å². The largest absolute Gasteiger partial charge is 0.488 e. The second-order valence-electron chi connectivity index (χ2n) is 6.52. The van der Waals surface area contributed by atoms with Gasteiger partial charge in [0.15, 0.2) is 0 Å². The van der Waals surface area contributed by atoms with Gasteiger partial charge in [-0.25, -0.2) is 9.37 Å². The SMILES string of the molecule is N#C/C(=C/c1ccc(OCc2ccc(Cl)cc2)c(Br)c1)c1nc2ccc(F)cc2[nH]1. The molecule has 0 aliphatic rings. The summed E-state index contributed by atoms with van der Waals surface area (Å²) >= 11 is 9.41. The van der Waals surface area contributed by atoms with Gasteiger partial charge in [-0.3, -0.25) is 0 Å². The molecule has 0 radical (unpaired) electrons. The minimum Gasteiger partial charge on any atom is -0.488 e. The summed E-state index contributed by atoms with van der Waals surface area (Å²) in [6.45, 7) is 0.407. The van der Waals surface area contributed by atoms with Crippen molar-refractivity contribution in [2.75, 3.05) is 0 Å². The van der Waals surface area contributed by atoms with Crippen LogP contribution >= 0.6 is 27.5 Å². The fourth-order valence-electron chi connectivity index (χ4n) is 2.90. The number of rotatable bonds is 5. The number of imidazole rings is 1. The number of benzene rings is 3. The highest BCUT2D eigenvalue weighted by Gasteiger charge is 2.10. The van der Waals surface area contributed by atoms with Crippen molar-refractivity contribution in [3.05, 3.63) is 92.9 Å². The number of H-pyrrole nitrogens is 1. The van der Waals surface area contributed by atoms with Gasteiger partial charge < -0.3 is 9.72 Å². The third-order valence-electron chi connectivity index (χ3n) is 4.39. The molecule has 0 saturated carbocycles. The van der Waals surface area contributed by atoms with Crippen molar-refractivity contribution in [2.45, 2.75) is 6.61 Å². The van der Waals surface area contributed by atoms with Crippen LogP contribution in [0.1, 0.15) is 17.0 Å². The van der Waals surface area contributed by atoms with E-state index in [1.165, 1.54) is 12.1 Å². The van der Waals surface area contributed by atoms with Gasteiger partial charge in [0, 0.05) is 5.02 Å². The third-order valence-corrected chi connectivity index (χ3v) is 5.27. The average molecular weight is 483 g/mol. The van der Waals surface area contributed by atoms with Gasteiger partial charge in [-0.15, -0.1) is 0 Å². The Morgan fingerprint density at radius 1 is 1.17 bits per heavy atom. The average Bonchev–Trinajstić information content (AvgIpc) is 3.15. The molecule has 0 saturated heterocycles. The first-order valence-electron chi connectivity index (χ1n) is 8.96. The van der Waals surface area contributed by atoms with Gasteiger partial charge in [0.2, 0.25) is 0 Å². The summed E-state index contributed by atoms with van der Waals surface area (Å²) in [6.07, 6.45) is 1.71. The number of fused-ring (bicyclic) bond motifs is 1. The first kappa shape index (κ1) is 20.1. The van der Waals surface area contributed by atoms with E-state index in [4.69, 9.17) is 16.3 Å². The number of aromatic amines is 1. The van der Waals surface area contributed by atoms with E-state index in [9.17, 15) is 9.65 Å². The Bertz CT molecular complexity index is 1290. The zero-order valence-electron chi connectivity index (χ0n) is 15.5. The summed E-state index contributed by atoms with van der Waals surface area (Å²) in [4.78, 5) is 7.36. The molecule has 0 amide bonds. The van der Waals surface area contributed by atoms with Crippen molar-refractivity contribution in [3.63, 3.8) is 0 Å². The highest BCUT2D eigenvalue weighted by Crippen LogP contribution is 2.29. The third kappa shape index (κ3) is 4.54. The van der Waals surface area contributed by atoms with Gasteiger partial charge in [-0.05, 0) is 75.6 Å². The maximum Gasteiger partial charge on any atom is 0.149 e. The molecule has 3 aromatic carbocycles. The number of ether oxygens (including phenoxy) is 1. The Morgan fingerprint density at radius 2 is 1.97 bits per heavy atom. The lowest BCUT2D eigenvalue weighted by atomic mass is 10.1. The van der Waals surface area contributed by atoms with E-state index in [-0.39, 0.29) is 5.82 Å². The number of nitrogens with one attached hydrogen (secondary N) is 1. The van der Waals surface area contributed by atoms with E-state index >= 15 is 0 Å². The van der Waals surface area contributed by atoms with E-state index in [1.807, 2.05) is 42.5 Å². The van der Waals surface area contributed by atoms with Crippen LogP contribution < -0.4 is 4.74 Å². The molecule has 4 nitrogen and oxygen atoms in total. The maximum absolute atomic E-state index is 13.4. The van der Waals surface area contributed by atoms with E-state index in [1.54, 1.807) is 12.1 Å². The van der Waals surface area contributed by atoms with Crippen molar-refractivity contribution in [1.29, 1.82) is 5.26 Å². The molecule has 0 fully saturated rings. The molecule has 4 rings (SSSR count). The van der Waals surface area contributed by atoms with Crippen molar-refractivity contribution < 1.29 is 9.13 Å². The summed E-state index contributed by atoms with van der Waals surface area (Å²) in [5.41, 5.74) is 3.28. The first-order chi connectivity index (χ1) is 14.5. The van der Waals surface area contributed by atoms with Gasteiger partial charge in [-0.1, -0.05) is 29.8 Å². The molecule has 1 N–H and O–H groups in total. The molecule has 1 heterocycles. The van der Waals surface area contributed by atoms with Crippen molar-refractivity contribution in [3.8, 4) is 11.8 Å². The number of allylic oxidation sites excluding steroid dienone is 1. The molecule has 0 spiro atoms. The Labute approximate surface area is 185 Å². The lowest BCUT2D eigenvalue weighted by Gasteiger charge is -2.09. The molecule has 148 valence electrons. The van der Waals surface area contributed by atoms with Gasteiger partial charge >= 0.3 is 0 Å². The Kier molecular flexibility index (Phi) is 5.84. The van der Waals surface area contributed by atoms with Crippen molar-refractivity contribution in [2.24, 2.45) is 0 Å². The predicted octanol–water partition coefficient (Wildman–Crippen LogP) is 6.76. The molecular weight excluding hydrogens is 469 g/mol. The fraction of sp³-hybridized carbons (Fsp3) is 0.0435. The number of nitriles is 1. The topological polar surface area (TPSA) is 61.7 Å². The van der Waals surface area contributed by atoms with E-state index in [2.05, 4.69) is 32.0 Å². The quantitative estimate of drug-likeness (QED) is 0.320. The molecule has 0 aliphatic carbocycles. The Balaban J connectivity index is 1.55. The van der Waals surface area contributed by atoms with Gasteiger partial charge in [-0.2, -0.15) is 5.26 Å². The summed E-state index contributed by atoms with van der Waals surface area (Å²) in [6, 6.07) is 19.4. The van der Waals surface area contributed by atoms with Crippen LogP contribution in [0.25, 0.3) is 22.7 Å². The van der Waals surface area contributed by atoms with Gasteiger partial charge in [0.25, 0.3) is 0 Å². The molecular formula is C23H14BrClFN3O. The number of halogens is 3. The zero-order chi connectivity index (χ0) is 21.1. The van der Waals surface area contributed by atoms with Crippen LogP contribution in [0.2, 0.25) is 5.02 Å². The summed E-state index contributed by atoms with van der Waals surface area (Å²) in [5, 5.41) is 10.3. The van der Waals surface area contributed by atoms with Crippen LogP contribution in [0.4, 0.5) is 4.39 Å². The molecule has 0 aliphatic heterocycles. The number of hydrogen-bond acceptors (Lipinski definition) is 3. The van der Waals surface area contributed by atoms with E-state index < -0.39 is 0 Å². The van der Waals surface area contributed by atoms with E-state index in [0.717, 1.165) is 15.6 Å². The summed E-state index contributed by atoms with van der Waals surface area (Å²) in [5.74, 6) is 0.704. The molecule has 7 heteroatoms. The van der Waals surface area contributed by atoms with Gasteiger partial charge in [0.1, 0.15) is 30.1 Å². The first-order valence-corrected chi connectivity index (χ1v) is 10.1. The standard InChI is InChI=1S/C23H14BrClFN3O/c24-19-10-15(3-8-22(19)30-13-14-1-4-17(25)5-2-14)9-16(12-27)23-28-20-7-6-18(26)11-21(20)29-23/h1-11H,13H2,(H,28,29)/b16-9-. The highest BCUT2D eigenvalue weighted by atomic mass is 79.9. The number of aromatic nitrogens is 2.